The average Bonchev–Trinajstić information content (AvgIpc) is 2.96. The zero-order valence-corrected chi connectivity index (χ0v) is 18.2. The molecule has 158 valence electrons. The molecule has 0 radical (unpaired) electrons. The maximum Gasteiger partial charge on any atom is 0.295 e. The smallest absolute Gasteiger partial charge is 0.295 e. The molecule has 0 saturated carbocycles. The number of nitrogens with zero attached hydrogens (tertiary/aromatic N) is 2. The molecular formula is C23H25ClN2O4. The highest BCUT2D eigenvalue weighted by Crippen LogP contribution is 2.40. The van der Waals surface area contributed by atoms with E-state index in [0.29, 0.717) is 35.0 Å². The minimum atomic E-state index is -0.695. The van der Waals surface area contributed by atoms with Gasteiger partial charge in [-0.05, 0) is 62.5 Å². The lowest BCUT2D eigenvalue weighted by Crippen LogP contribution is -2.35. The largest absolute Gasteiger partial charge is 0.507 e. The van der Waals surface area contributed by atoms with E-state index in [2.05, 4.69) is 0 Å². The third-order valence-corrected chi connectivity index (χ3v) is 5.43. The Balaban J connectivity index is 2.14. The van der Waals surface area contributed by atoms with E-state index < -0.39 is 17.7 Å². The van der Waals surface area contributed by atoms with Crippen LogP contribution in [0.2, 0.25) is 5.02 Å². The van der Waals surface area contributed by atoms with Crippen molar-refractivity contribution in [3.05, 3.63) is 69.8 Å². The summed E-state index contributed by atoms with van der Waals surface area (Å²) in [4.78, 5) is 29.3. The Morgan fingerprint density at radius 2 is 1.83 bits per heavy atom. The fourth-order valence-corrected chi connectivity index (χ4v) is 3.72. The van der Waals surface area contributed by atoms with E-state index in [1.165, 1.54) is 4.90 Å². The van der Waals surface area contributed by atoms with Gasteiger partial charge < -0.3 is 19.6 Å². The standard InChI is InChI=1S/C23H25ClN2O4/c1-14-13-16(7-10-18(14)30-4)21(27)19-20(15-5-8-17(24)9-6-15)26(12-11-25(2)3)23(29)22(19)28/h5-10,13,20,27H,11-12H2,1-4H3/b21-19-. The van der Waals surface area contributed by atoms with Gasteiger partial charge in [0.25, 0.3) is 11.7 Å². The molecule has 3 rings (SSSR count). The van der Waals surface area contributed by atoms with Crippen LogP contribution < -0.4 is 4.74 Å². The molecule has 6 nitrogen and oxygen atoms in total. The zero-order valence-electron chi connectivity index (χ0n) is 17.5. The lowest BCUT2D eigenvalue weighted by molar-refractivity contribution is -0.140. The van der Waals surface area contributed by atoms with E-state index in [1.54, 1.807) is 49.6 Å². The quantitative estimate of drug-likeness (QED) is 0.432. The molecule has 1 saturated heterocycles. The van der Waals surface area contributed by atoms with Gasteiger partial charge in [0.2, 0.25) is 0 Å². The number of halogens is 1. The number of carbonyl (C=O) groups is 2. The maximum absolute atomic E-state index is 13.0. The molecule has 0 bridgehead atoms. The van der Waals surface area contributed by atoms with Crippen molar-refractivity contribution in [2.45, 2.75) is 13.0 Å². The topological polar surface area (TPSA) is 70.1 Å². The monoisotopic (exact) mass is 428 g/mol. The van der Waals surface area contributed by atoms with Crippen molar-refractivity contribution in [1.29, 1.82) is 0 Å². The Morgan fingerprint density at radius 3 is 2.40 bits per heavy atom. The van der Waals surface area contributed by atoms with Gasteiger partial charge in [-0.25, -0.2) is 0 Å². The van der Waals surface area contributed by atoms with Gasteiger partial charge in [-0.2, -0.15) is 0 Å². The van der Waals surface area contributed by atoms with Crippen molar-refractivity contribution < 1.29 is 19.4 Å². The second-order valence-electron chi connectivity index (χ2n) is 7.53. The van der Waals surface area contributed by atoms with Gasteiger partial charge in [0, 0.05) is 23.7 Å². The Bertz CT molecular complexity index is 999. The molecule has 1 fully saturated rings. The molecule has 30 heavy (non-hydrogen) atoms. The first kappa shape index (κ1) is 21.9. The fourth-order valence-electron chi connectivity index (χ4n) is 3.59. The van der Waals surface area contributed by atoms with Crippen LogP contribution in [0.4, 0.5) is 0 Å². The van der Waals surface area contributed by atoms with Crippen LogP contribution in [0, 0.1) is 6.92 Å². The van der Waals surface area contributed by atoms with Gasteiger partial charge in [-0.15, -0.1) is 0 Å². The Labute approximate surface area is 181 Å². The molecule has 1 amide bonds. The number of benzene rings is 2. The lowest BCUT2D eigenvalue weighted by atomic mass is 9.95. The Kier molecular flexibility index (Phi) is 6.48. The van der Waals surface area contributed by atoms with E-state index in [0.717, 1.165) is 5.56 Å². The number of carbonyl (C=O) groups excluding carboxylic acids is 2. The van der Waals surface area contributed by atoms with Crippen LogP contribution in [0.25, 0.3) is 5.76 Å². The van der Waals surface area contributed by atoms with Crippen molar-refractivity contribution in [3.63, 3.8) is 0 Å². The van der Waals surface area contributed by atoms with E-state index in [4.69, 9.17) is 16.3 Å². The number of rotatable bonds is 6. The number of Topliss-reactive ketones (excluding diaryl/α,β-unsaturated/α-hetero) is 1. The predicted octanol–water partition coefficient (Wildman–Crippen LogP) is 3.64. The first-order chi connectivity index (χ1) is 14.2. The first-order valence-corrected chi connectivity index (χ1v) is 9.96. The third-order valence-electron chi connectivity index (χ3n) is 5.18. The summed E-state index contributed by atoms with van der Waals surface area (Å²) in [7, 11) is 5.36. The van der Waals surface area contributed by atoms with Gasteiger partial charge in [-0.1, -0.05) is 23.7 Å². The van der Waals surface area contributed by atoms with Gasteiger partial charge in [-0.3, -0.25) is 9.59 Å². The Morgan fingerprint density at radius 1 is 1.17 bits per heavy atom. The molecule has 1 unspecified atom stereocenters. The van der Waals surface area contributed by atoms with E-state index >= 15 is 0 Å². The molecule has 0 spiro atoms. The number of hydrogen-bond donors (Lipinski definition) is 1. The van der Waals surface area contributed by atoms with Crippen molar-refractivity contribution >= 4 is 29.1 Å². The van der Waals surface area contributed by atoms with Crippen molar-refractivity contribution in [2.75, 3.05) is 34.3 Å². The van der Waals surface area contributed by atoms with E-state index in [-0.39, 0.29) is 11.3 Å². The molecule has 7 heteroatoms. The average molecular weight is 429 g/mol. The second kappa shape index (κ2) is 8.90. The van der Waals surface area contributed by atoms with Crippen LogP contribution in [0.5, 0.6) is 5.75 Å². The second-order valence-corrected chi connectivity index (χ2v) is 7.97. The van der Waals surface area contributed by atoms with Crippen molar-refractivity contribution in [1.82, 2.24) is 9.80 Å². The van der Waals surface area contributed by atoms with Gasteiger partial charge >= 0.3 is 0 Å². The lowest BCUT2D eigenvalue weighted by Gasteiger charge is -2.26. The molecule has 1 aliphatic rings. The summed E-state index contributed by atoms with van der Waals surface area (Å²) in [5.74, 6) is -0.845. The summed E-state index contributed by atoms with van der Waals surface area (Å²) >= 11 is 6.03. The van der Waals surface area contributed by atoms with Crippen molar-refractivity contribution in [2.24, 2.45) is 0 Å². The number of hydrogen-bond acceptors (Lipinski definition) is 5. The number of ketones is 1. The predicted molar refractivity (Wildman–Crippen MR) is 117 cm³/mol. The van der Waals surface area contributed by atoms with Crippen LogP contribution in [-0.2, 0) is 9.59 Å². The number of ether oxygens (including phenoxy) is 1. The van der Waals surface area contributed by atoms with Gasteiger partial charge in [0.1, 0.15) is 11.5 Å². The summed E-state index contributed by atoms with van der Waals surface area (Å²) < 4.78 is 5.27. The van der Waals surface area contributed by atoms with Gasteiger partial charge in [0.05, 0.1) is 18.7 Å². The summed E-state index contributed by atoms with van der Waals surface area (Å²) in [5, 5.41) is 11.6. The van der Waals surface area contributed by atoms with Crippen LogP contribution in [-0.4, -0.2) is 60.9 Å². The molecule has 2 aromatic rings. The summed E-state index contributed by atoms with van der Waals surface area (Å²) in [6.07, 6.45) is 0. The van der Waals surface area contributed by atoms with Crippen molar-refractivity contribution in [3.8, 4) is 5.75 Å². The molecule has 2 aromatic carbocycles. The molecule has 1 aliphatic heterocycles. The number of likely N-dealkylation sites (tertiary alicyclic amines) is 1. The summed E-state index contributed by atoms with van der Waals surface area (Å²) in [6.45, 7) is 2.78. The number of likely N-dealkylation sites (N-methyl/N-ethyl adjacent to an activating group) is 1. The highest BCUT2D eigenvalue weighted by Gasteiger charge is 2.45. The van der Waals surface area contributed by atoms with Crippen LogP contribution in [0.1, 0.15) is 22.7 Å². The highest BCUT2D eigenvalue weighted by molar-refractivity contribution is 6.46. The minimum Gasteiger partial charge on any atom is -0.507 e. The molecule has 0 aliphatic carbocycles. The molecular weight excluding hydrogens is 404 g/mol. The Hall–Kier alpha value is -2.83. The minimum absolute atomic E-state index is 0.0747. The zero-order chi connectivity index (χ0) is 22.0. The number of methoxy groups -OCH3 is 1. The molecule has 1 N–H and O–H groups in total. The van der Waals surface area contributed by atoms with Crippen LogP contribution in [0.3, 0.4) is 0 Å². The number of aliphatic hydroxyl groups excluding tert-OH is 1. The summed E-state index contributed by atoms with van der Waals surface area (Å²) in [6, 6.07) is 11.4. The van der Waals surface area contributed by atoms with Crippen LogP contribution in [0.15, 0.2) is 48.0 Å². The highest BCUT2D eigenvalue weighted by atomic mass is 35.5. The molecule has 0 aromatic heterocycles. The third kappa shape index (κ3) is 4.20. The fraction of sp³-hybridized carbons (Fsp3) is 0.304. The first-order valence-electron chi connectivity index (χ1n) is 9.58. The normalized spacial score (nSPS) is 18.3. The SMILES string of the molecule is COc1ccc(/C(O)=C2/C(=O)C(=O)N(CCN(C)C)C2c2ccc(Cl)cc2)cc1C. The van der Waals surface area contributed by atoms with Crippen LogP contribution >= 0.6 is 11.6 Å². The number of aryl methyl sites for hydroxylation is 1. The molecule has 1 heterocycles. The number of amides is 1. The van der Waals surface area contributed by atoms with E-state index in [9.17, 15) is 14.7 Å². The maximum atomic E-state index is 13.0. The summed E-state index contributed by atoms with van der Waals surface area (Å²) in [5.41, 5.74) is 2.05. The van der Waals surface area contributed by atoms with Gasteiger partial charge in [0.15, 0.2) is 0 Å². The molecule has 1 atom stereocenters. The number of aliphatic hydroxyl groups is 1. The van der Waals surface area contributed by atoms with E-state index in [1.807, 2.05) is 25.9 Å².